The van der Waals surface area contributed by atoms with Gasteiger partial charge in [0.15, 0.2) is 0 Å². The number of benzene rings is 1. The van der Waals surface area contributed by atoms with E-state index in [-0.39, 0.29) is 0 Å². The summed E-state index contributed by atoms with van der Waals surface area (Å²) in [7, 11) is 0. The highest BCUT2D eigenvalue weighted by Gasteiger charge is 1.93. The lowest BCUT2D eigenvalue weighted by molar-refractivity contribution is 1.32. The van der Waals surface area contributed by atoms with E-state index in [2.05, 4.69) is 48.9 Å². The van der Waals surface area contributed by atoms with Crippen molar-refractivity contribution in [3.63, 3.8) is 0 Å². The SMILES string of the molecule is Cc1ccc(C#Cc2ccncc2)c(C)c1. The zero-order valence-corrected chi connectivity index (χ0v) is 9.49. The summed E-state index contributed by atoms with van der Waals surface area (Å²) >= 11 is 0. The quantitative estimate of drug-likeness (QED) is 0.605. The zero-order valence-electron chi connectivity index (χ0n) is 9.49. The van der Waals surface area contributed by atoms with E-state index in [1.807, 2.05) is 12.1 Å². The Labute approximate surface area is 96.2 Å². The van der Waals surface area contributed by atoms with E-state index in [4.69, 9.17) is 0 Å². The van der Waals surface area contributed by atoms with Crippen LogP contribution in [0.25, 0.3) is 0 Å². The van der Waals surface area contributed by atoms with Crippen LogP contribution >= 0.6 is 0 Å². The average Bonchev–Trinajstić information content (AvgIpc) is 2.29. The summed E-state index contributed by atoms with van der Waals surface area (Å²) in [5, 5.41) is 0. The third-order valence-electron chi connectivity index (χ3n) is 2.40. The molecule has 0 radical (unpaired) electrons. The number of pyridine rings is 1. The molecule has 0 amide bonds. The fourth-order valence-electron chi connectivity index (χ4n) is 1.53. The van der Waals surface area contributed by atoms with Gasteiger partial charge in [0, 0.05) is 23.5 Å². The van der Waals surface area contributed by atoms with Gasteiger partial charge in [0.05, 0.1) is 0 Å². The van der Waals surface area contributed by atoms with Gasteiger partial charge in [-0.3, -0.25) is 4.98 Å². The van der Waals surface area contributed by atoms with Crippen molar-refractivity contribution >= 4 is 0 Å². The van der Waals surface area contributed by atoms with Crippen LogP contribution in [0, 0.1) is 25.7 Å². The first-order valence-corrected chi connectivity index (χ1v) is 5.25. The predicted molar refractivity (Wildman–Crippen MR) is 66.1 cm³/mol. The fraction of sp³-hybridized carbons (Fsp3) is 0.133. The Hall–Kier alpha value is -2.07. The summed E-state index contributed by atoms with van der Waals surface area (Å²) in [5.74, 6) is 6.31. The van der Waals surface area contributed by atoms with Crippen LogP contribution in [0.1, 0.15) is 22.3 Å². The summed E-state index contributed by atoms with van der Waals surface area (Å²) in [6.07, 6.45) is 3.51. The van der Waals surface area contributed by atoms with Crippen molar-refractivity contribution in [2.75, 3.05) is 0 Å². The molecule has 0 atom stereocenters. The molecule has 2 aromatic rings. The van der Waals surface area contributed by atoms with Crippen molar-refractivity contribution in [3.8, 4) is 11.8 Å². The van der Waals surface area contributed by atoms with Gasteiger partial charge in [-0.2, -0.15) is 0 Å². The monoisotopic (exact) mass is 207 g/mol. The summed E-state index contributed by atoms with van der Waals surface area (Å²) in [4.78, 5) is 3.96. The molecule has 16 heavy (non-hydrogen) atoms. The Morgan fingerprint density at radius 3 is 2.38 bits per heavy atom. The van der Waals surface area contributed by atoms with E-state index in [0.29, 0.717) is 0 Å². The average molecular weight is 207 g/mol. The first-order chi connectivity index (χ1) is 7.75. The van der Waals surface area contributed by atoms with Crippen LogP contribution < -0.4 is 0 Å². The van der Waals surface area contributed by atoms with E-state index in [9.17, 15) is 0 Å². The molecule has 0 saturated carbocycles. The molecule has 0 bridgehead atoms. The van der Waals surface area contributed by atoms with Gasteiger partial charge in [-0.25, -0.2) is 0 Å². The van der Waals surface area contributed by atoms with Gasteiger partial charge in [-0.1, -0.05) is 29.5 Å². The summed E-state index contributed by atoms with van der Waals surface area (Å²) in [5.41, 5.74) is 4.57. The molecule has 1 heterocycles. The largest absolute Gasteiger partial charge is 0.265 e. The highest BCUT2D eigenvalue weighted by atomic mass is 14.6. The number of rotatable bonds is 0. The van der Waals surface area contributed by atoms with Crippen molar-refractivity contribution in [1.82, 2.24) is 4.98 Å². The molecule has 0 aliphatic carbocycles. The van der Waals surface area contributed by atoms with Gasteiger partial charge in [0.1, 0.15) is 0 Å². The van der Waals surface area contributed by atoms with E-state index in [1.165, 1.54) is 11.1 Å². The Morgan fingerprint density at radius 2 is 1.69 bits per heavy atom. The van der Waals surface area contributed by atoms with Crippen LogP contribution in [0.5, 0.6) is 0 Å². The van der Waals surface area contributed by atoms with Crippen molar-refractivity contribution in [1.29, 1.82) is 0 Å². The van der Waals surface area contributed by atoms with Crippen LogP contribution in [0.3, 0.4) is 0 Å². The molecule has 0 aliphatic heterocycles. The molecule has 2 rings (SSSR count). The number of aryl methyl sites for hydroxylation is 2. The van der Waals surface area contributed by atoms with Crippen LogP contribution in [0.2, 0.25) is 0 Å². The normalized spacial score (nSPS) is 9.38. The molecule has 1 aromatic carbocycles. The molecule has 1 aromatic heterocycles. The highest BCUT2D eigenvalue weighted by Crippen LogP contribution is 2.09. The van der Waals surface area contributed by atoms with Gasteiger partial charge in [0.25, 0.3) is 0 Å². The molecule has 0 saturated heterocycles. The summed E-state index contributed by atoms with van der Waals surface area (Å²) in [6, 6.07) is 10.1. The fourth-order valence-corrected chi connectivity index (χ4v) is 1.53. The van der Waals surface area contributed by atoms with Gasteiger partial charge in [-0.05, 0) is 37.6 Å². The summed E-state index contributed by atoms with van der Waals surface area (Å²) < 4.78 is 0. The molecule has 0 unspecified atom stereocenters. The first-order valence-electron chi connectivity index (χ1n) is 5.25. The van der Waals surface area contributed by atoms with E-state index in [1.54, 1.807) is 12.4 Å². The minimum absolute atomic E-state index is 0.995. The van der Waals surface area contributed by atoms with Crippen LogP contribution in [0.4, 0.5) is 0 Å². The van der Waals surface area contributed by atoms with Crippen LogP contribution in [-0.2, 0) is 0 Å². The molecular formula is C15H13N. The molecule has 0 spiro atoms. The van der Waals surface area contributed by atoms with E-state index in [0.717, 1.165) is 11.1 Å². The molecular weight excluding hydrogens is 194 g/mol. The van der Waals surface area contributed by atoms with Crippen molar-refractivity contribution in [3.05, 3.63) is 65.0 Å². The van der Waals surface area contributed by atoms with Crippen LogP contribution in [0.15, 0.2) is 42.7 Å². The summed E-state index contributed by atoms with van der Waals surface area (Å²) in [6.45, 7) is 4.18. The lowest BCUT2D eigenvalue weighted by Crippen LogP contribution is -1.83. The smallest absolute Gasteiger partial charge is 0.0280 e. The maximum atomic E-state index is 3.96. The predicted octanol–water partition coefficient (Wildman–Crippen LogP) is 3.10. The Morgan fingerprint density at radius 1 is 0.938 bits per heavy atom. The second-order valence-corrected chi connectivity index (χ2v) is 3.80. The molecule has 1 nitrogen and oxygen atoms in total. The molecule has 0 fully saturated rings. The van der Waals surface area contributed by atoms with Crippen molar-refractivity contribution in [2.24, 2.45) is 0 Å². The minimum Gasteiger partial charge on any atom is -0.265 e. The number of nitrogens with zero attached hydrogens (tertiary/aromatic N) is 1. The van der Waals surface area contributed by atoms with E-state index >= 15 is 0 Å². The number of aromatic nitrogens is 1. The third kappa shape index (κ3) is 2.49. The maximum absolute atomic E-state index is 3.96. The molecule has 78 valence electrons. The van der Waals surface area contributed by atoms with E-state index < -0.39 is 0 Å². The lowest BCUT2D eigenvalue weighted by Gasteiger charge is -1.98. The second kappa shape index (κ2) is 4.63. The Bertz CT molecular complexity index is 545. The third-order valence-corrected chi connectivity index (χ3v) is 2.40. The van der Waals surface area contributed by atoms with Gasteiger partial charge in [0.2, 0.25) is 0 Å². The van der Waals surface area contributed by atoms with Gasteiger partial charge in [-0.15, -0.1) is 0 Å². The highest BCUT2D eigenvalue weighted by molar-refractivity contribution is 5.46. The topological polar surface area (TPSA) is 12.9 Å². The first kappa shape index (κ1) is 10.4. The standard InChI is InChI=1S/C15H13N/c1-12-3-5-15(13(2)11-12)6-4-14-7-9-16-10-8-14/h3,5,7-11H,1-2H3. The number of hydrogen-bond donors (Lipinski definition) is 0. The number of hydrogen-bond acceptors (Lipinski definition) is 1. The van der Waals surface area contributed by atoms with Gasteiger partial charge < -0.3 is 0 Å². The van der Waals surface area contributed by atoms with Crippen molar-refractivity contribution < 1.29 is 0 Å². The minimum atomic E-state index is 0.995. The zero-order chi connectivity index (χ0) is 11.4. The Balaban J connectivity index is 2.31. The molecule has 1 heteroatoms. The second-order valence-electron chi connectivity index (χ2n) is 3.80. The molecule has 0 N–H and O–H groups in total. The van der Waals surface area contributed by atoms with Crippen LogP contribution in [-0.4, -0.2) is 4.98 Å². The van der Waals surface area contributed by atoms with Gasteiger partial charge >= 0.3 is 0 Å². The molecule has 0 aliphatic rings. The maximum Gasteiger partial charge on any atom is 0.0280 e. The van der Waals surface area contributed by atoms with Crippen molar-refractivity contribution in [2.45, 2.75) is 13.8 Å². The Kier molecular flexibility index (Phi) is 3.03. The lowest BCUT2D eigenvalue weighted by atomic mass is 10.1.